The molecule has 1 atom stereocenters. The molecule has 4 heteroatoms. The van der Waals surface area contributed by atoms with E-state index in [-0.39, 0.29) is 11.8 Å². The van der Waals surface area contributed by atoms with Crippen LogP contribution in [0.5, 0.6) is 0 Å². The zero-order chi connectivity index (χ0) is 12.1. The number of para-hydroxylation sites is 1. The molecular weight excluding hydrogens is 202 g/mol. The third-order valence-corrected chi connectivity index (χ3v) is 2.57. The van der Waals surface area contributed by atoms with Crippen molar-refractivity contribution in [3.63, 3.8) is 0 Å². The van der Waals surface area contributed by atoms with Crippen molar-refractivity contribution >= 4 is 11.6 Å². The fraction of sp³-hybridized carbons (Fsp3) is 0.417. The van der Waals surface area contributed by atoms with Crippen LogP contribution >= 0.6 is 0 Å². The number of carbonyl (C=O) groups is 1. The molecule has 1 rings (SSSR count). The van der Waals surface area contributed by atoms with Crippen molar-refractivity contribution in [1.82, 2.24) is 4.90 Å². The lowest BCUT2D eigenvalue weighted by molar-refractivity contribution is -0.121. The van der Waals surface area contributed by atoms with Gasteiger partial charge in [-0.05, 0) is 18.7 Å². The van der Waals surface area contributed by atoms with Gasteiger partial charge in [-0.3, -0.25) is 4.79 Å². The van der Waals surface area contributed by atoms with E-state index in [1.54, 1.807) is 0 Å². The zero-order valence-electron chi connectivity index (χ0n) is 9.81. The van der Waals surface area contributed by atoms with Crippen molar-refractivity contribution in [2.24, 2.45) is 11.7 Å². The highest BCUT2D eigenvalue weighted by molar-refractivity contribution is 5.76. The molecule has 1 unspecified atom stereocenters. The molecule has 88 valence electrons. The summed E-state index contributed by atoms with van der Waals surface area (Å²) in [6, 6.07) is 7.73. The van der Waals surface area contributed by atoms with Crippen molar-refractivity contribution < 1.29 is 4.79 Å². The van der Waals surface area contributed by atoms with Gasteiger partial charge in [-0.1, -0.05) is 25.1 Å². The molecule has 4 nitrogen and oxygen atoms in total. The van der Waals surface area contributed by atoms with Crippen molar-refractivity contribution in [2.45, 2.75) is 13.5 Å². The highest BCUT2D eigenvalue weighted by Gasteiger charge is 2.12. The molecule has 0 saturated heterocycles. The smallest absolute Gasteiger partial charge is 0.221 e. The van der Waals surface area contributed by atoms with Crippen LogP contribution in [0.15, 0.2) is 24.3 Å². The lowest BCUT2D eigenvalue weighted by atomic mass is 10.1. The largest absolute Gasteiger partial charge is 0.398 e. The number of nitrogens with two attached hydrogens (primary N) is 2. The number of hydrogen-bond acceptors (Lipinski definition) is 3. The lowest BCUT2D eigenvalue weighted by Crippen LogP contribution is -2.32. The summed E-state index contributed by atoms with van der Waals surface area (Å²) >= 11 is 0. The average molecular weight is 221 g/mol. The van der Waals surface area contributed by atoms with Gasteiger partial charge in [-0.15, -0.1) is 0 Å². The van der Waals surface area contributed by atoms with E-state index in [1.807, 2.05) is 43.1 Å². The second kappa shape index (κ2) is 5.51. The summed E-state index contributed by atoms with van der Waals surface area (Å²) in [5, 5.41) is 0. The predicted molar refractivity (Wildman–Crippen MR) is 65.5 cm³/mol. The number of rotatable bonds is 5. The van der Waals surface area contributed by atoms with Crippen LogP contribution in [-0.4, -0.2) is 24.4 Å². The number of nitrogen functional groups attached to an aromatic ring is 1. The number of primary amides is 1. The van der Waals surface area contributed by atoms with Crippen LogP contribution in [-0.2, 0) is 11.3 Å². The van der Waals surface area contributed by atoms with E-state index < -0.39 is 0 Å². The fourth-order valence-electron chi connectivity index (χ4n) is 1.59. The number of anilines is 1. The van der Waals surface area contributed by atoms with Gasteiger partial charge in [-0.25, -0.2) is 0 Å². The monoisotopic (exact) mass is 221 g/mol. The first kappa shape index (κ1) is 12.5. The Morgan fingerprint density at radius 1 is 1.44 bits per heavy atom. The maximum absolute atomic E-state index is 10.9. The van der Waals surface area contributed by atoms with Crippen LogP contribution in [0.2, 0.25) is 0 Å². The summed E-state index contributed by atoms with van der Waals surface area (Å²) < 4.78 is 0. The van der Waals surface area contributed by atoms with E-state index >= 15 is 0 Å². The highest BCUT2D eigenvalue weighted by Crippen LogP contribution is 2.13. The molecular formula is C12H19N3O. The van der Waals surface area contributed by atoms with Crippen LogP contribution in [0.4, 0.5) is 5.69 Å². The molecule has 0 aliphatic rings. The fourth-order valence-corrected chi connectivity index (χ4v) is 1.59. The van der Waals surface area contributed by atoms with Gasteiger partial charge >= 0.3 is 0 Å². The molecule has 1 amide bonds. The molecule has 0 spiro atoms. The summed E-state index contributed by atoms with van der Waals surface area (Å²) in [5.41, 5.74) is 12.9. The van der Waals surface area contributed by atoms with Crippen molar-refractivity contribution in [3.8, 4) is 0 Å². The molecule has 0 saturated carbocycles. The second-order valence-electron chi connectivity index (χ2n) is 4.20. The third-order valence-electron chi connectivity index (χ3n) is 2.57. The summed E-state index contributed by atoms with van der Waals surface area (Å²) in [5.74, 6) is -0.414. The zero-order valence-corrected chi connectivity index (χ0v) is 9.81. The molecule has 0 fully saturated rings. The molecule has 16 heavy (non-hydrogen) atoms. The van der Waals surface area contributed by atoms with E-state index in [2.05, 4.69) is 0 Å². The maximum Gasteiger partial charge on any atom is 0.221 e. The Labute approximate surface area is 96.2 Å². The normalized spacial score (nSPS) is 12.7. The summed E-state index contributed by atoms with van der Waals surface area (Å²) in [7, 11) is 1.95. The highest BCUT2D eigenvalue weighted by atomic mass is 16.1. The SMILES string of the molecule is CC(CN(C)Cc1ccccc1N)C(N)=O. The summed E-state index contributed by atoms with van der Waals surface area (Å²) in [6.07, 6.45) is 0. The van der Waals surface area contributed by atoms with Gasteiger partial charge in [-0.2, -0.15) is 0 Å². The second-order valence-corrected chi connectivity index (χ2v) is 4.20. The summed E-state index contributed by atoms with van der Waals surface area (Å²) in [4.78, 5) is 13.0. The average Bonchev–Trinajstić information content (AvgIpc) is 2.21. The Balaban J connectivity index is 2.55. The van der Waals surface area contributed by atoms with Crippen LogP contribution < -0.4 is 11.5 Å². The number of amides is 1. The standard InChI is InChI=1S/C12H19N3O/c1-9(12(14)16)7-15(2)8-10-5-3-4-6-11(10)13/h3-6,9H,7-8,13H2,1-2H3,(H2,14,16). The van der Waals surface area contributed by atoms with Crippen LogP contribution in [0.3, 0.4) is 0 Å². The number of nitrogens with zero attached hydrogens (tertiary/aromatic N) is 1. The van der Waals surface area contributed by atoms with E-state index in [4.69, 9.17) is 11.5 Å². The first-order chi connectivity index (χ1) is 7.50. The van der Waals surface area contributed by atoms with Gasteiger partial charge in [0.15, 0.2) is 0 Å². The lowest BCUT2D eigenvalue weighted by Gasteiger charge is -2.20. The Morgan fingerprint density at radius 2 is 2.06 bits per heavy atom. The molecule has 1 aromatic rings. The Hall–Kier alpha value is -1.55. The van der Waals surface area contributed by atoms with Gasteiger partial charge in [0.25, 0.3) is 0 Å². The van der Waals surface area contributed by atoms with E-state index in [0.29, 0.717) is 6.54 Å². The predicted octanol–water partition coefficient (Wildman–Crippen LogP) is 0.822. The minimum absolute atomic E-state index is 0.144. The van der Waals surface area contributed by atoms with Crippen LogP contribution in [0, 0.1) is 5.92 Å². The Kier molecular flexibility index (Phi) is 4.31. The van der Waals surface area contributed by atoms with Gasteiger partial charge in [0.2, 0.25) is 5.91 Å². The number of hydrogen-bond donors (Lipinski definition) is 2. The van der Waals surface area contributed by atoms with Crippen LogP contribution in [0.1, 0.15) is 12.5 Å². The Morgan fingerprint density at radius 3 is 2.62 bits per heavy atom. The van der Waals surface area contributed by atoms with Crippen molar-refractivity contribution in [2.75, 3.05) is 19.3 Å². The maximum atomic E-state index is 10.9. The molecule has 0 aliphatic heterocycles. The molecule has 0 aromatic heterocycles. The minimum atomic E-state index is -0.270. The summed E-state index contributed by atoms with van der Waals surface area (Å²) in [6.45, 7) is 3.20. The van der Waals surface area contributed by atoms with E-state index in [9.17, 15) is 4.79 Å². The van der Waals surface area contributed by atoms with Gasteiger partial charge in [0.05, 0.1) is 0 Å². The minimum Gasteiger partial charge on any atom is -0.398 e. The molecule has 4 N–H and O–H groups in total. The first-order valence-electron chi connectivity index (χ1n) is 5.32. The molecule has 0 heterocycles. The van der Waals surface area contributed by atoms with Crippen molar-refractivity contribution in [1.29, 1.82) is 0 Å². The third kappa shape index (κ3) is 3.55. The molecule has 1 aromatic carbocycles. The first-order valence-corrected chi connectivity index (χ1v) is 5.32. The topological polar surface area (TPSA) is 72.3 Å². The van der Waals surface area contributed by atoms with Gasteiger partial charge in [0.1, 0.15) is 0 Å². The molecule has 0 radical (unpaired) electrons. The van der Waals surface area contributed by atoms with E-state index in [0.717, 1.165) is 17.8 Å². The van der Waals surface area contributed by atoms with Gasteiger partial charge < -0.3 is 16.4 Å². The number of benzene rings is 1. The quantitative estimate of drug-likeness (QED) is 0.723. The van der Waals surface area contributed by atoms with Gasteiger partial charge in [0, 0.05) is 24.7 Å². The Bertz CT molecular complexity index is 365. The molecule has 0 aliphatic carbocycles. The molecule has 0 bridgehead atoms. The van der Waals surface area contributed by atoms with Crippen LogP contribution in [0.25, 0.3) is 0 Å². The van der Waals surface area contributed by atoms with Crippen molar-refractivity contribution in [3.05, 3.63) is 29.8 Å². The van der Waals surface area contributed by atoms with E-state index in [1.165, 1.54) is 0 Å². The number of carbonyl (C=O) groups excluding carboxylic acids is 1.